The van der Waals surface area contributed by atoms with E-state index in [1.807, 2.05) is 0 Å². The van der Waals surface area contributed by atoms with Crippen LogP contribution in [0.2, 0.25) is 0 Å². The Morgan fingerprint density at radius 3 is 1.60 bits per heavy atom. The maximum Gasteiger partial charge on any atom is 0.472 e. The molecule has 0 heterocycles. The van der Waals surface area contributed by atoms with Crippen LogP contribution in [0.3, 0.4) is 0 Å². The third kappa shape index (κ3) is 16.1. The summed E-state index contributed by atoms with van der Waals surface area (Å²) in [6, 6.07) is 0. The Balaban J connectivity index is 2.26. The van der Waals surface area contributed by atoms with Crippen molar-refractivity contribution in [1.82, 2.24) is 0 Å². The quantitative estimate of drug-likeness (QED) is 0.0372. The van der Waals surface area contributed by atoms with Gasteiger partial charge in [0.1, 0.15) is 43.2 Å². The van der Waals surface area contributed by atoms with Gasteiger partial charge in [0.05, 0.1) is 6.61 Å². The lowest BCUT2D eigenvalue weighted by molar-refractivity contribution is -0.220. The summed E-state index contributed by atoms with van der Waals surface area (Å²) in [7, 11) is -5.05. The van der Waals surface area contributed by atoms with E-state index in [4.69, 9.17) is 13.8 Å². The number of aliphatic hydroxyl groups is 5. The Morgan fingerprint density at radius 1 is 0.714 bits per heavy atom. The van der Waals surface area contributed by atoms with Crippen LogP contribution in [0, 0.1) is 0 Å². The highest BCUT2D eigenvalue weighted by Crippen LogP contribution is 2.47. The number of carbonyl (C=O) groups excluding carboxylic acids is 2. The lowest BCUT2D eigenvalue weighted by atomic mass is 9.85. The maximum atomic E-state index is 12.4. The molecule has 248 valence electrons. The van der Waals surface area contributed by atoms with Crippen LogP contribution < -0.4 is 0 Å². The fourth-order valence-corrected chi connectivity index (χ4v) is 5.80. The van der Waals surface area contributed by atoms with E-state index >= 15 is 0 Å². The van der Waals surface area contributed by atoms with Crippen molar-refractivity contribution in [1.29, 1.82) is 0 Å². The third-order valence-corrected chi connectivity index (χ3v) is 8.37. The zero-order valence-electron chi connectivity index (χ0n) is 24.8. The average Bonchev–Trinajstić information content (AvgIpc) is 2.96. The molecule has 8 atom stereocenters. The van der Waals surface area contributed by atoms with Crippen molar-refractivity contribution in [3.8, 4) is 0 Å². The van der Waals surface area contributed by atoms with Gasteiger partial charge in [0.15, 0.2) is 6.10 Å². The molecule has 0 saturated heterocycles. The van der Waals surface area contributed by atoms with Crippen LogP contribution >= 0.6 is 7.82 Å². The molecule has 0 aliphatic heterocycles. The first-order chi connectivity index (χ1) is 20.0. The number of hydrogen-bond donors (Lipinski definition) is 6. The predicted molar refractivity (Wildman–Crippen MR) is 152 cm³/mol. The molecule has 14 heteroatoms. The molecule has 1 fully saturated rings. The van der Waals surface area contributed by atoms with E-state index in [1.165, 1.54) is 70.6 Å². The normalized spacial score (nSPS) is 26.4. The SMILES string of the molecule is CCCCCCCCCCCCCCCCCC(=O)O[C@H](COC=O)COP(=O)(O)OC1[C@H](O)[C@H](O)C(O)[C@H](O)[C@H]1O. The van der Waals surface area contributed by atoms with Gasteiger partial charge in [-0.25, -0.2) is 4.57 Å². The largest absolute Gasteiger partial charge is 0.472 e. The lowest BCUT2D eigenvalue weighted by Gasteiger charge is -2.41. The summed E-state index contributed by atoms with van der Waals surface area (Å²) >= 11 is 0. The zero-order valence-corrected chi connectivity index (χ0v) is 25.7. The summed E-state index contributed by atoms with van der Waals surface area (Å²) < 4.78 is 31.7. The van der Waals surface area contributed by atoms with Gasteiger partial charge in [0.2, 0.25) is 0 Å². The van der Waals surface area contributed by atoms with Gasteiger partial charge >= 0.3 is 13.8 Å². The molecule has 1 saturated carbocycles. The highest BCUT2D eigenvalue weighted by Gasteiger charge is 2.51. The summed E-state index contributed by atoms with van der Waals surface area (Å²) in [5.41, 5.74) is 0. The Bertz CT molecular complexity index is 754. The van der Waals surface area contributed by atoms with Crippen LogP contribution in [-0.4, -0.2) is 98.8 Å². The van der Waals surface area contributed by atoms with Crippen LogP contribution in [-0.2, 0) is 32.7 Å². The number of rotatable bonds is 25. The van der Waals surface area contributed by atoms with Gasteiger partial charge in [-0.3, -0.25) is 18.6 Å². The molecule has 0 amide bonds. The van der Waals surface area contributed by atoms with Crippen LogP contribution in [0.25, 0.3) is 0 Å². The van der Waals surface area contributed by atoms with Gasteiger partial charge < -0.3 is 39.9 Å². The molecule has 1 rings (SSSR count). The fraction of sp³-hybridized carbons (Fsp3) is 0.929. The van der Waals surface area contributed by atoms with Crippen molar-refractivity contribution in [3.05, 3.63) is 0 Å². The van der Waals surface area contributed by atoms with Crippen molar-refractivity contribution >= 4 is 20.3 Å². The molecule has 6 N–H and O–H groups in total. The second-order valence-corrected chi connectivity index (χ2v) is 12.4. The molecule has 3 unspecified atom stereocenters. The topological polar surface area (TPSA) is 210 Å². The number of carbonyl (C=O) groups is 2. The molecular formula is C28H53O13P. The molecule has 0 bridgehead atoms. The van der Waals surface area contributed by atoms with Gasteiger partial charge in [-0.1, -0.05) is 96.8 Å². The van der Waals surface area contributed by atoms with Gasteiger partial charge in [-0.2, -0.15) is 0 Å². The summed E-state index contributed by atoms with van der Waals surface area (Å²) in [4.78, 5) is 32.9. The molecule has 0 aromatic heterocycles. The number of phosphoric acid groups is 1. The fourth-order valence-electron chi connectivity index (χ4n) is 4.83. The van der Waals surface area contributed by atoms with Crippen LogP contribution in [0.1, 0.15) is 110 Å². The van der Waals surface area contributed by atoms with Crippen LogP contribution in [0.4, 0.5) is 0 Å². The molecule has 0 aromatic rings. The maximum absolute atomic E-state index is 12.4. The first kappa shape index (κ1) is 38.9. The molecule has 0 aromatic carbocycles. The van der Waals surface area contributed by atoms with E-state index in [9.17, 15) is 44.6 Å². The minimum absolute atomic E-state index is 0.0989. The van der Waals surface area contributed by atoms with E-state index in [0.29, 0.717) is 6.42 Å². The van der Waals surface area contributed by atoms with E-state index in [2.05, 4.69) is 11.7 Å². The smallest absolute Gasteiger partial charge is 0.464 e. The Kier molecular flexibility index (Phi) is 20.7. The minimum Gasteiger partial charge on any atom is -0.464 e. The van der Waals surface area contributed by atoms with Crippen LogP contribution in [0.15, 0.2) is 0 Å². The second-order valence-electron chi connectivity index (χ2n) is 11.0. The highest BCUT2D eigenvalue weighted by atomic mass is 31.2. The standard InChI is InChI=1S/C28H53O13P/c1-2-3-4-5-6-7-8-9-10-11-12-13-14-15-16-17-22(30)40-21(18-38-20-29)19-39-42(36,37)41-28-26(34)24(32)23(31)25(33)27(28)35/h20-21,23-28,31-35H,2-19H2,1H3,(H,36,37)/t21-,23?,24-,25+,26-,27-,28?/m1/s1. The van der Waals surface area contributed by atoms with Gasteiger partial charge in [-0.05, 0) is 6.42 Å². The number of aliphatic hydroxyl groups excluding tert-OH is 5. The zero-order chi connectivity index (χ0) is 31.4. The first-order valence-corrected chi connectivity index (χ1v) is 16.8. The van der Waals surface area contributed by atoms with Crippen molar-refractivity contribution in [2.45, 2.75) is 152 Å². The Labute approximate surface area is 249 Å². The van der Waals surface area contributed by atoms with Crippen LogP contribution in [0.5, 0.6) is 0 Å². The summed E-state index contributed by atoms with van der Waals surface area (Å²) in [6.45, 7) is 1.13. The summed E-state index contributed by atoms with van der Waals surface area (Å²) in [6.07, 6.45) is 4.75. The number of unbranched alkanes of at least 4 members (excludes halogenated alkanes) is 14. The predicted octanol–water partition coefficient (Wildman–Crippen LogP) is 2.65. The van der Waals surface area contributed by atoms with Crippen molar-refractivity contribution in [2.24, 2.45) is 0 Å². The average molecular weight is 629 g/mol. The number of ether oxygens (including phenoxy) is 2. The molecule has 1 aliphatic rings. The third-order valence-electron chi connectivity index (χ3n) is 7.38. The van der Waals surface area contributed by atoms with Gasteiger partial charge in [-0.15, -0.1) is 0 Å². The van der Waals surface area contributed by atoms with Crippen molar-refractivity contribution in [3.63, 3.8) is 0 Å². The Hall–Kier alpha value is -1.15. The molecule has 0 radical (unpaired) electrons. The second kappa shape index (κ2) is 22.4. The first-order valence-electron chi connectivity index (χ1n) is 15.3. The molecular weight excluding hydrogens is 575 g/mol. The van der Waals surface area contributed by atoms with Crippen molar-refractivity contribution in [2.75, 3.05) is 13.2 Å². The number of hydrogen-bond acceptors (Lipinski definition) is 12. The molecule has 0 spiro atoms. The van der Waals surface area contributed by atoms with Crippen molar-refractivity contribution < 1.29 is 63.1 Å². The number of phosphoric ester groups is 1. The molecule has 1 aliphatic carbocycles. The molecule has 42 heavy (non-hydrogen) atoms. The Morgan fingerprint density at radius 2 is 1.14 bits per heavy atom. The van der Waals surface area contributed by atoms with E-state index in [0.717, 1.165) is 19.3 Å². The number of esters is 1. The summed E-state index contributed by atoms with van der Waals surface area (Å²) in [5, 5.41) is 49.1. The minimum atomic E-state index is -5.05. The lowest BCUT2D eigenvalue weighted by Crippen LogP contribution is -2.64. The van der Waals surface area contributed by atoms with E-state index in [1.54, 1.807) is 0 Å². The summed E-state index contributed by atoms with van der Waals surface area (Å²) in [5.74, 6) is -0.611. The van der Waals surface area contributed by atoms with E-state index in [-0.39, 0.29) is 12.9 Å². The van der Waals surface area contributed by atoms with Gasteiger partial charge in [0, 0.05) is 6.42 Å². The highest BCUT2D eigenvalue weighted by molar-refractivity contribution is 7.47. The van der Waals surface area contributed by atoms with Gasteiger partial charge in [0.25, 0.3) is 6.47 Å². The van der Waals surface area contributed by atoms with E-state index < -0.39 is 69.7 Å². The molecule has 13 nitrogen and oxygen atoms in total. The monoisotopic (exact) mass is 628 g/mol.